The lowest BCUT2D eigenvalue weighted by atomic mass is 10.4. The van der Waals surface area contributed by atoms with Gasteiger partial charge in [-0.1, -0.05) is 0 Å². The van der Waals surface area contributed by atoms with Crippen molar-refractivity contribution in [3.8, 4) is 0 Å². The van der Waals surface area contributed by atoms with Gasteiger partial charge in [-0.05, 0) is 12.8 Å². The first-order chi connectivity index (χ1) is 7.18. The highest BCUT2D eigenvalue weighted by molar-refractivity contribution is 5.82. The summed E-state index contributed by atoms with van der Waals surface area (Å²) in [6.45, 7) is 3.39. The van der Waals surface area contributed by atoms with E-state index in [-0.39, 0.29) is 17.9 Å². The molecule has 2 aliphatic rings. The second kappa shape index (κ2) is 4.18. The molecule has 2 aliphatic heterocycles. The Kier molecular flexibility index (Phi) is 2.90. The van der Waals surface area contributed by atoms with Gasteiger partial charge in [0.15, 0.2) is 0 Å². The first-order valence-corrected chi connectivity index (χ1v) is 5.49. The maximum Gasteiger partial charge on any atom is 0.236 e. The van der Waals surface area contributed by atoms with Crippen LogP contribution in [0.3, 0.4) is 0 Å². The van der Waals surface area contributed by atoms with Crippen LogP contribution in [0.1, 0.15) is 19.3 Å². The van der Waals surface area contributed by atoms with Crippen LogP contribution in [0.2, 0.25) is 0 Å². The van der Waals surface area contributed by atoms with Crippen LogP contribution in [0.4, 0.5) is 0 Å². The molecule has 0 saturated carbocycles. The van der Waals surface area contributed by atoms with Crippen LogP contribution in [0, 0.1) is 0 Å². The molecule has 2 atom stereocenters. The summed E-state index contributed by atoms with van der Waals surface area (Å²) < 4.78 is 0. The van der Waals surface area contributed by atoms with Gasteiger partial charge >= 0.3 is 0 Å². The SMILES string of the molecule is NC(=O)C1CN1CCCN1CCCC1=O. The lowest BCUT2D eigenvalue weighted by molar-refractivity contribution is -0.127. The Labute approximate surface area is 89.2 Å². The Morgan fingerprint density at radius 1 is 1.47 bits per heavy atom. The van der Waals surface area contributed by atoms with Gasteiger partial charge in [-0.15, -0.1) is 0 Å². The number of rotatable bonds is 5. The summed E-state index contributed by atoms with van der Waals surface area (Å²) in [6, 6.07) is -0.0423. The fourth-order valence-corrected chi connectivity index (χ4v) is 2.10. The number of amides is 2. The van der Waals surface area contributed by atoms with E-state index in [0.717, 1.165) is 39.0 Å². The topological polar surface area (TPSA) is 66.4 Å². The lowest BCUT2D eigenvalue weighted by Gasteiger charge is -2.15. The van der Waals surface area contributed by atoms with Gasteiger partial charge < -0.3 is 10.6 Å². The van der Waals surface area contributed by atoms with Crippen LogP contribution in [0.15, 0.2) is 0 Å². The third-order valence-electron chi connectivity index (χ3n) is 3.09. The van der Waals surface area contributed by atoms with Gasteiger partial charge in [-0.2, -0.15) is 0 Å². The summed E-state index contributed by atoms with van der Waals surface area (Å²) in [5, 5.41) is 0. The molecule has 0 aromatic heterocycles. The normalized spacial score (nSPS) is 29.6. The lowest BCUT2D eigenvalue weighted by Crippen LogP contribution is -2.28. The molecular weight excluding hydrogens is 194 g/mol. The van der Waals surface area contributed by atoms with Crippen LogP contribution >= 0.6 is 0 Å². The van der Waals surface area contributed by atoms with Gasteiger partial charge in [0.05, 0.1) is 0 Å². The summed E-state index contributed by atoms with van der Waals surface area (Å²) in [6.07, 6.45) is 2.63. The number of hydrogen-bond acceptors (Lipinski definition) is 3. The van der Waals surface area contributed by atoms with E-state index < -0.39 is 0 Å². The van der Waals surface area contributed by atoms with Gasteiger partial charge in [0.2, 0.25) is 11.8 Å². The van der Waals surface area contributed by atoms with Crippen LogP contribution in [-0.2, 0) is 9.59 Å². The largest absolute Gasteiger partial charge is 0.368 e. The molecule has 2 N–H and O–H groups in total. The molecule has 0 radical (unpaired) electrons. The summed E-state index contributed by atoms with van der Waals surface area (Å²) in [7, 11) is 0. The zero-order chi connectivity index (χ0) is 10.8. The highest BCUT2D eigenvalue weighted by atomic mass is 16.2. The number of nitrogens with two attached hydrogens (primary N) is 1. The maximum atomic E-state index is 11.3. The molecule has 2 fully saturated rings. The van der Waals surface area contributed by atoms with Gasteiger partial charge in [0, 0.05) is 32.6 Å². The Morgan fingerprint density at radius 3 is 2.80 bits per heavy atom. The van der Waals surface area contributed by atoms with Crippen molar-refractivity contribution in [3.63, 3.8) is 0 Å². The minimum atomic E-state index is -0.229. The van der Waals surface area contributed by atoms with E-state index in [1.165, 1.54) is 0 Å². The molecule has 0 spiro atoms. The average Bonchev–Trinajstić information content (AvgIpc) is 2.85. The molecule has 2 saturated heterocycles. The Balaban J connectivity index is 1.60. The van der Waals surface area contributed by atoms with E-state index in [1.807, 2.05) is 9.80 Å². The van der Waals surface area contributed by atoms with Crippen LogP contribution in [-0.4, -0.2) is 53.8 Å². The van der Waals surface area contributed by atoms with Crippen LogP contribution in [0.25, 0.3) is 0 Å². The quantitative estimate of drug-likeness (QED) is 0.603. The van der Waals surface area contributed by atoms with Crippen molar-refractivity contribution in [3.05, 3.63) is 0 Å². The highest BCUT2D eigenvalue weighted by Crippen LogP contribution is 2.17. The van der Waals surface area contributed by atoms with Gasteiger partial charge in [0.1, 0.15) is 6.04 Å². The number of nitrogens with zero attached hydrogens (tertiary/aromatic N) is 2. The molecule has 15 heavy (non-hydrogen) atoms. The van der Waals surface area contributed by atoms with E-state index in [2.05, 4.69) is 0 Å². The van der Waals surface area contributed by atoms with E-state index in [9.17, 15) is 9.59 Å². The zero-order valence-electron chi connectivity index (χ0n) is 8.82. The highest BCUT2D eigenvalue weighted by Gasteiger charge is 2.38. The number of carbonyl (C=O) groups is 2. The molecular formula is C10H17N3O2. The first kappa shape index (κ1) is 10.4. The number of likely N-dealkylation sites (tertiary alicyclic amines) is 1. The van der Waals surface area contributed by atoms with Crippen molar-refractivity contribution < 1.29 is 9.59 Å². The molecule has 2 unspecified atom stereocenters. The van der Waals surface area contributed by atoms with Crippen molar-refractivity contribution in [2.75, 3.05) is 26.2 Å². The molecule has 0 bridgehead atoms. The summed E-state index contributed by atoms with van der Waals surface area (Å²) in [4.78, 5) is 26.0. The minimum Gasteiger partial charge on any atom is -0.368 e. The fourth-order valence-electron chi connectivity index (χ4n) is 2.10. The molecule has 5 nitrogen and oxygen atoms in total. The Morgan fingerprint density at radius 2 is 2.27 bits per heavy atom. The third-order valence-corrected chi connectivity index (χ3v) is 3.09. The molecule has 2 heterocycles. The minimum absolute atomic E-state index is 0.0423. The molecule has 0 aromatic carbocycles. The van der Waals surface area contributed by atoms with Crippen molar-refractivity contribution in [2.45, 2.75) is 25.3 Å². The number of primary amides is 1. The molecule has 5 heteroatoms. The van der Waals surface area contributed by atoms with Crippen molar-refractivity contribution in [2.24, 2.45) is 5.73 Å². The van der Waals surface area contributed by atoms with E-state index in [1.54, 1.807) is 0 Å². The molecule has 2 rings (SSSR count). The van der Waals surface area contributed by atoms with Crippen LogP contribution < -0.4 is 5.73 Å². The standard InChI is InChI=1S/C10H17N3O2/c11-10(15)8-7-13(8)6-2-5-12-4-1-3-9(12)14/h8H,1-7H2,(H2,11,15). The van der Waals surface area contributed by atoms with Gasteiger partial charge in [-0.25, -0.2) is 0 Å². The van der Waals surface area contributed by atoms with E-state index >= 15 is 0 Å². The molecule has 84 valence electrons. The number of carbonyl (C=O) groups excluding carboxylic acids is 2. The maximum absolute atomic E-state index is 11.3. The summed E-state index contributed by atoms with van der Waals surface area (Å²) in [5.74, 6) is 0.0412. The number of hydrogen-bond donors (Lipinski definition) is 1. The Bertz CT molecular complexity index is 280. The smallest absolute Gasteiger partial charge is 0.236 e. The fraction of sp³-hybridized carbons (Fsp3) is 0.800. The van der Waals surface area contributed by atoms with E-state index in [0.29, 0.717) is 6.42 Å². The van der Waals surface area contributed by atoms with Gasteiger partial charge in [0.25, 0.3) is 0 Å². The second-order valence-corrected chi connectivity index (χ2v) is 4.25. The molecule has 0 aromatic rings. The predicted molar refractivity (Wildman–Crippen MR) is 55.0 cm³/mol. The van der Waals surface area contributed by atoms with Crippen molar-refractivity contribution in [1.29, 1.82) is 0 Å². The van der Waals surface area contributed by atoms with Crippen LogP contribution in [0.5, 0.6) is 0 Å². The molecule has 0 aliphatic carbocycles. The molecule has 2 amide bonds. The predicted octanol–water partition coefficient (Wildman–Crippen LogP) is -0.832. The van der Waals surface area contributed by atoms with Crippen molar-refractivity contribution in [1.82, 2.24) is 9.80 Å². The average molecular weight is 211 g/mol. The van der Waals surface area contributed by atoms with E-state index in [4.69, 9.17) is 5.73 Å². The Hall–Kier alpha value is -1.10. The zero-order valence-corrected chi connectivity index (χ0v) is 8.82. The summed E-state index contributed by atoms with van der Waals surface area (Å²) in [5.41, 5.74) is 5.16. The first-order valence-electron chi connectivity index (χ1n) is 5.49. The third kappa shape index (κ3) is 2.47. The summed E-state index contributed by atoms with van der Waals surface area (Å²) >= 11 is 0. The second-order valence-electron chi connectivity index (χ2n) is 4.25. The van der Waals surface area contributed by atoms with Gasteiger partial charge in [-0.3, -0.25) is 14.5 Å². The van der Waals surface area contributed by atoms with Crippen molar-refractivity contribution >= 4 is 11.8 Å². The monoisotopic (exact) mass is 211 g/mol.